The van der Waals surface area contributed by atoms with Crippen LogP contribution in [0.2, 0.25) is 0 Å². The average Bonchev–Trinajstić information content (AvgIpc) is 2.87. The first-order valence-corrected chi connectivity index (χ1v) is 11.9. The smallest absolute Gasteiger partial charge is 0.338 e. The summed E-state index contributed by atoms with van der Waals surface area (Å²) in [6, 6.07) is 14.0. The maximum Gasteiger partial charge on any atom is 0.338 e. The molecule has 1 saturated heterocycles. The van der Waals surface area contributed by atoms with E-state index in [-0.39, 0.29) is 5.97 Å². The van der Waals surface area contributed by atoms with Crippen LogP contribution in [-0.2, 0) is 11.2 Å². The number of benzene rings is 2. The second-order valence-corrected chi connectivity index (χ2v) is 8.57. The zero-order valence-corrected chi connectivity index (χ0v) is 20.2. The number of hydrogen-bond donors (Lipinski definition) is 0. The lowest BCUT2D eigenvalue weighted by molar-refractivity contribution is 0.0487. The van der Waals surface area contributed by atoms with E-state index < -0.39 is 0 Å². The van der Waals surface area contributed by atoms with Gasteiger partial charge in [-0.15, -0.1) is 0 Å². The third-order valence-electron chi connectivity index (χ3n) is 6.38. The zero-order chi connectivity index (χ0) is 23.5. The predicted octanol–water partition coefficient (Wildman–Crippen LogP) is 4.99. The molecule has 6 heteroatoms. The number of likely N-dealkylation sites (tertiary alicyclic amines) is 1. The number of carbonyl (C=O) groups excluding carboxylic acids is 1. The van der Waals surface area contributed by atoms with Crippen molar-refractivity contribution in [2.45, 2.75) is 38.5 Å². The van der Waals surface area contributed by atoms with E-state index >= 15 is 0 Å². The van der Waals surface area contributed by atoms with E-state index in [1.807, 2.05) is 0 Å². The number of rotatable bonds is 12. The molecule has 2 aromatic carbocycles. The summed E-state index contributed by atoms with van der Waals surface area (Å²) in [7, 11) is 4.59. The molecule has 0 bridgehead atoms. The van der Waals surface area contributed by atoms with Gasteiger partial charge in [-0.2, -0.15) is 0 Å². The Balaban J connectivity index is 1.33. The lowest BCUT2D eigenvalue weighted by Gasteiger charge is -2.32. The quantitative estimate of drug-likeness (QED) is 0.332. The summed E-state index contributed by atoms with van der Waals surface area (Å²) in [5, 5.41) is 0. The number of aryl methyl sites for hydroxylation is 1. The highest BCUT2D eigenvalue weighted by Crippen LogP contribution is 2.38. The van der Waals surface area contributed by atoms with E-state index in [0.29, 0.717) is 29.4 Å². The number of carbonyl (C=O) groups is 1. The van der Waals surface area contributed by atoms with Gasteiger partial charge in [-0.25, -0.2) is 4.79 Å². The molecule has 1 aliphatic rings. The molecule has 1 aliphatic heterocycles. The van der Waals surface area contributed by atoms with Crippen LogP contribution in [-0.4, -0.2) is 58.4 Å². The van der Waals surface area contributed by atoms with E-state index in [4.69, 9.17) is 18.9 Å². The highest BCUT2D eigenvalue weighted by molar-refractivity contribution is 5.91. The van der Waals surface area contributed by atoms with Crippen molar-refractivity contribution in [3.63, 3.8) is 0 Å². The van der Waals surface area contributed by atoms with Crippen LogP contribution in [0.5, 0.6) is 17.2 Å². The monoisotopic (exact) mass is 455 g/mol. The lowest BCUT2D eigenvalue weighted by atomic mass is 9.92. The molecule has 33 heavy (non-hydrogen) atoms. The van der Waals surface area contributed by atoms with Crippen LogP contribution < -0.4 is 14.2 Å². The van der Waals surface area contributed by atoms with Crippen molar-refractivity contribution in [3.05, 3.63) is 53.6 Å². The minimum atomic E-state index is -0.373. The molecule has 2 aromatic rings. The number of methoxy groups -OCH3 is 3. The number of ether oxygens (including phenoxy) is 4. The summed E-state index contributed by atoms with van der Waals surface area (Å²) in [5.41, 5.74) is 1.82. The Morgan fingerprint density at radius 2 is 1.61 bits per heavy atom. The number of esters is 1. The molecule has 0 spiro atoms. The highest BCUT2D eigenvalue weighted by atomic mass is 16.5. The maximum atomic E-state index is 12.5. The molecule has 3 rings (SSSR count). The standard InChI is InChI=1S/C27H37NO5/c1-30-24-19-23(20-25(31-2)26(24)32-3)27(29)33-18-8-12-22-13-16-28(17-14-22)15-7-11-21-9-5-4-6-10-21/h4-6,9-10,19-20,22H,7-8,11-18H2,1-3H3. The second-order valence-electron chi connectivity index (χ2n) is 8.57. The molecular weight excluding hydrogens is 418 g/mol. The summed E-state index contributed by atoms with van der Waals surface area (Å²) in [4.78, 5) is 15.1. The first-order valence-electron chi connectivity index (χ1n) is 11.9. The summed E-state index contributed by atoms with van der Waals surface area (Å²) in [6.07, 6.45) is 6.80. The van der Waals surface area contributed by atoms with E-state index in [1.54, 1.807) is 12.1 Å². The predicted molar refractivity (Wildman–Crippen MR) is 130 cm³/mol. The third kappa shape index (κ3) is 7.39. The average molecular weight is 456 g/mol. The highest BCUT2D eigenvalue weighted by Gasteiger charge is 2.20. The summed E-state index contributed by atoms with van der Waals surface area (Å²) < 4.78 is 21.4. The van der Waals surface area contributed by atoms with Crippen LogP contribution in [0.25, 0.3) is 0 Å². The van der Waals surface area contributed by atoms with Crippen LogP contribution in [0.4, 0.5) is 0 Å². The molecular formula is C27H37NO5. The van der Waals surface area contributed by atoms with E-state index in [0.717, 1.165) is 25.2 Å². The SMILES string of the molecule is COc1cc(C(=O)OCCCC2CCN(CCCc3ccccc3)CC2)cc(OC)c1OC. The molecule has 0 atom stereocenters. The minimum absolute atomic E-state index is 0.373. The molecule has 0 aromatic heterocycles. The van der Waals surface area contributed by atoms with Gasteiger partial charge in [0.15, 0.2) is 11.5 Å². The molecule has 0 N–H and O–H groups in total. The molecule has 0 radical (unpaired) electrons. The number of hydrogen-bond acceptors (Lipinski definition) is 6. The Morgan fingerprint density at radius 3 is 2.21 bits per heavy atom. The summed E-state index contributed by atoms with van der Waals surface area (Å²) in [5.74, 6) is 1.69. The van der Waals surface area contributed by atoms with Gasteiger partial charge in [-0.3, -0.25) is 0 Å². The lowest BCUT2D eigenvalue weighted by Crippen LogP contribution is -2.34. The van der Waals surface area contributed by atoms with Gasteiger partial charge in [0.05, 0.1) is 33.5 Å². The van der Waals surface area contributed by atoms with E-state index in [2.05, 4.69) is 35.2 Å². The van der Waals surface area contributed by atoms with Gasteiger partial charge in [0, 0.05) is 0 Å². The number of piperidine rings is 1. The van der Waals surface area contributed by atoms with Crippen molar-refractivity contribution in [2.24, 2.45) is 5.92 Å². The van der Waals surface area contributed by atoms with Crippen molar-refractivity contribution in [1.82, 2.24) is 4.90 Å². The summed E-state index contributed by atoms with van der Waals surface area (Å²) in [6.45, 7) is 3.94. The molecule has 0 unspecified atom stereocenters. The Kier molecular flexibility index (Phi) is 9.88. The van der Waals surface area contributed by atoms with Crippen LogP contribution in [0.15, 0.2) is 42.5 Å². The van der Waals surface area contributed by atoms with E-state index in [1.165, 1.54) is 65.8 Å². The summed E-state index contributed by atoms with van der Waals surface area (Å²) >= 11 is 0. The van der Waals surface area contributed by atoms with Crippen molar-refractivity contribution in [1.29, 1.82) is 0 Å². The molecule has 6 nitrogen and oxygen atoms in total. The van der Waals surface area contributed by atoms with Gasteiger partial charge in [0.2, 0.25) is 5.75 Å². The van der Waals surface area contributed by atoms with Crippen LogP contribution in [0, 0.1) is 5.92 Å². The molecule has 1 heterocycles. The number of nitrogens with zero attached hydrogens (tertiary/aromatic N) is 1. The van der Waals surface area contributed by atoms with Crippen molar-refractivity contribution >= 4 is 5.97 Å². The Morgan fingerprint density at radius 1 is 0.939 bits per heavy atom. The van der Waals surface area contributed by atoms with Crippen LogP contribution >= 0.6 is 0 Å². The molecule has 0 aliphatic carbocycles. The van der Waals surface area contributed by atoms with Gasteiger partial charge in [-0.1, -0.05) is 30.3 Å². The largest absolute Gasteiger partial charge is 0.493 e. The molecule has 1 fully saturated rings. The van der Waals surface area contributed by atoms with Gasteiger partial charge < -0.3 is 23.8 Å². The Labute approximate surface area is 197 Å². The van der Waals surface area contributed by atoms with E-state index in [9.17, 15) is 4.79 Å². The fourth-order valence-electron chi connectivity index (χ4n) is 4.47. The minimum Gasteiger partial charge on any atom is -0.493 e. The second kappa shape index (κ2) is 13.1. The van der Waals surface area contributed by atoms with Crippen LogP contribution in [0.1, 0.15) is 48.0 Å². The fraction of sp³-hybridized carbons (Fsp3) is 0.519. The van der Waals surface area contributed by atoms with Gasteiger partial charge in [-0.05, 0) is 81.8 Å². The molecule has 0 amide bonds. The van der Waals surface area contributed by atoms with Gasteiger partial charge >= 0.3 is 5.97 Å². The van der Waals surface area contributed by atoms with Crippen molar-refractivity contribution < 1.29 is 23.7 Å². The van der Waals surface area contributed by atoms with Crippen molar-refractivity contribution in [2.75, 3.05) is 47.6 Å². The Hall–Kier alpha value is -2.73. The zero-order valence-electron chi connectivity index (χ0n) is 20.2. The normalized spacial score (nSPS) is 14.6. The van der Waals surface area contributed by atoms with Crippen LogP contribution in [0.3, 0.4) is 0 Å². The fourth-order valence-corrected chi connectivity index (χ4v) is 4.47. The first kappa shape index (κ1) is 24.9. The maximum absolute atomic E-state index is 12.5. The van der Waals surface area contributed by atoms with Gasteiger partial charge in [0.25, 0.3) is 0 Å². The first-order chi connectivity index (χ1) is 16.1. The third-order valence-corrected chi connectivity index (χ3v) is 6.38. The van der Waals surface area contributed by atoms with Gasteiger partial charge in [0.1, 0.15) is 0 Å². The Bertz CT molecular complexity index is 837. The molecule has 0 saturated carbocycles. The topological polar surface area (TPSA) is 57.2 Å². The molecule has 180 valence electrons. The van der Waals surface area contributed by atoms with Crippen molar-refractivity contribution in [3.8, 4) is 17.2 Å².